The summed E-state index contributed by atoms with van der Waals surface area (Å²) in [5, 5.41) is 9.95. The van der Waals surface area contributed by atoms with Gasteiger partial charge in [0, 0.05) is 30.3 Å². The van der Waals surface area contributed by atoms with Gasteiger partial charge in [-0.25, -0.2) is 0 Å². The molecule has 92 valence electrons. The Kier molecular flexibility index (Phi) is 4.04. The number of methoxy groups -OCH3 is 1. The van der Waals surface area contributed by atoms with Gasteiger partial charge in [-0.2, -0.15) is 0 Å². The summed E-state index contributed by atoms with van der Waals surface area (Å²) in [4.78, 5) is 0. The highest BCUT2D eigenvalue weighted by Crippen LogP contribution is 2.22. The van der Waals surface area contributed by atoms with Crippen LogP contribution in [0.15, 0.2) is 30.5 Å². The molecule has 0 aliphatic carbocycles. The summed E-state index contributed by atoms with van der Waals surface area (Å²) in [6.45, 7) is 1.31. The maximum absolute atomic E-state index is 8.73. The van der Waals surface area contributed by atoms with Crippen LogP contribution in [0, 0.1) is 0 Å². The summed E-state index contributed by atoms with van der Waals surface area (Å²) in [6, 6.07) is 8.26. The lowest BCUT2D eigenvalue weighted by atomic mass is 10.2. The molecule has 1 aromatic heterocycles. The molecule has 2 aromatic rings. The van der Waals surface area contributed by atoms with Crippen LogP contribution >= 0.6 is 0 Å². The molecule has 0 bridgehead atoms. The number of aliphatic hydroxyl groups excluding tert-OH is 1. The van der Waals surface area contributed by atoms with Crippen LogP contribution in [-0.2, 0) is 6.54 Å². The fraction of sp³-hybridized carbons (Fsp3) is 0.429. The topological polar surface area (TPSA) is 34.4 Å². The Bertz CT molecular complexity index is 476. The molecule has 0 saturated carbocycles. The zero-order chi connectivity index (χ0) is 12.1. The van der Waals surface area contributed by atoms with Crippen LogP contribution in [0.3, 0.4) is 0 Å². The summed E-state index contributed by atoms with van der Waals surface area (Å²) >= 11 is 0. The zero-order valence-electron chi connectivity index (χ0n) is 10.2. The van der Waals surface area contributed by atoms with Crippen molar-refractivity contribution < 1.29 is 9.84 Å². The van der Waals surface area contributed by atoms with Crippen LogP contribution in [0.25, 0.3) is 10.9 Å². The number of unbranched alkanes of at least 4 members (excludes halogenated alkanes) is 2. The van der Waals surface area contributed by atoms with Gasteiger partial charge >= 0.3 is 0 Å². The molecule has 0 spiro atoms. The number of hydrogen-bond donors (Lipinski definition) is 1. The third kappa shape index (κ3) is 2.80. The minimum Gasteiger partial charge on any atom is -0.497 e. The third-order valence-corrected chi connectivity index (χ3v) is 3.04. The van der Waals surface area contributed by atoms with Crippen molar-refractivity contribution in [2.45, 2.75) is 25.8 Å². The maximum atomic E-state index is 8.73. The SMILES string of the molecule is COc1ccc2c(ccn2CCCCCO)c1. The van der Waals surface area contributed by atoms with Gasteiger partial charge in [-0.05, 0) is 43.5 Å². The van der Waals surface area contributed by atoms with E-state index in [9.17, 15) is 0 Å². The molecule has 0 radical (unpaired) electrons. The number of ether oxygens (including phenoxy) is 1. The normalized spacial score (nSPS) is 10.9. The van der Waals surface area contributed by atoms with Crippen LogP contribution < -0.4 is 4.74 Å². The van der Waals surface area contributed by atoms with E-state index >= 15 is 0 Å². The first kappa shape index (κ1) is 12.0. The lowest BCUT2D eigenvalue weighted by Gasteiger charge is -2.05. The quantitative estimate of drug-likeness (QED) is 0.778. The van der Waals surface area contributed by atoms with Gasteiger partial charge in [0.1, 0.15) is 5.75 Å². The van der Waals surface area contributed by atoms with Crippen molar-refractivity contribution in [3.8, 4) is 5.75 Å². The molecular formula is C14H19NO2. The van der Waals surface area contributed by atoms with E-state index in [0.29, 0.717) is 6.61 Å². The molecule has 3 nitrogen and oxygen atoms in total. The molecule has 1 aromatic carbocycles. The lowest BCUT2D eigenvalue weighted by Crippen LogP contribution is -1.96. The predicted octanol–water partition coefficient (Wildman–Crippen LogP) is 2.81. The third-order valence-electron chi connectivity index (χ3n) is 3.04. The van der Waals surface area contributed by atoms with Crippen molar-refractivity contribution in [1.82, 2.24) is 4.57 Å². The van der Waals surface area contributed by atoms with E-state index in [-0.39, 0.29) is 0 Å². The van der Waals surface area contributed by atoms with Gasteiger partial charge in [-0.15, -0.1) is 0 Å². The first-order valence-corrected chi connectivity index (χ1v) is 6.09. The Labute approximate surface area is 102 Å². The molecular weight excluding hydrogens is 214 g/mol. The summed E-state index contributed by atoms with van der Waals surface area (Å²) < 4.78 is 7.46. The summed E-state index contributed by atoms with van der Waals surface area (Å²) in [7, 11) is 1.69. The highest BCUT2D eigenvalue weighted by molar-refractivity contribution is 5.81. The molecule has 1 N–H and O–H groups in total. The highest BCUT2D eigenvalue weighted by Gasteiger charge is 2.02. The predicted molar refractivity (Wildman–Crippen MR) is 69.4 cm³/mol. The highest BCUT2D eigenvalue weighted by atomic mass is 16.5. The first-order chi connectivity index (χ1) is 8.35. The molecule has 0 aliphatic rings. The molecule has 0 saturated heterocycles. The summed E-state index contributed by atoms with van der Waals surface area (Å²) in [5.74, 6) is 0.899. The van der Waals surface area contributed by atoms with Gasteiger partial charge in [-0.1, -0.05) is 0 Å². The van der Waals surface area contributed by atoms with Gasteiger partial charge < -0.3 is 14.4 Å². The Morgan fingerprint density at radius 2 is 2.06 bits per heavy atom. The number of aryl methyl sites for hydroxylation is 1. The van der Waals surface area contributed by atoms with E-state index in [1.54, 1.807) is 7.11 Å². The molecule has 0 amide bonds. The molecule has 0 aliphatic heterocycles. The van der Waals surface area contributed by atoms with Gasteiger partial charge in [0.25, 0.3) is 0 Å². The van der Waals surface area contributed by atoms with E-state index in [2.05, 4.69) is 29.0 Å². The van der Waals surface area contributed by atoms with Gasteiger partial charge in [-0.3, -0.25) is 0 Å². The molecule has 0 fully saturated rings. The zero-order valence-corrected chi connectivity index (χ0v) is 10.2. The fourth-order valence-electron chi connectivity index (χ4n) is 2.07. The lowest BCUT2D eigenvalue weighted by molar-refractivity contribution is 0.282. The number of aliphatic hydroxyl groups is 1. The van der Waals surface area contributed by atoms with Crippen LogP contribution in [0.4, 0.5) is 0 Å². The van der Waals surface area contributed by atoms with Crippen LogP contribution in [0.5, 0.6) is 5.75 Å². The minimum atomic E-state index is 0.295. The van der Waals surface area contributed by atoms with Crippen molar-refractivity contribution in [1.29, 1.82) is 0 Å². The second-order valence-electron chi connectivity index (χ2n) is 4.22. The Balaban J connectivity index is 2.08. The Hall–Kier alpha value is -1.48. The van der Waals surface area contributed by atoms with E-state index in [1.165, 1.54) is 10.9 Å². The number of rotatable bonds is 6. The first-order valence-electron chi connectivity index (χ1n) is 6.09. The second kappa shape index (κ2) is 5.73. The summed E-state index contributed by atoms with van der Waals surface area (Å²) in [5.41, 5.74) is 1.25. The molecule has 17 heavy (non-hydrogen) atoms. The van der Waals surface area contributed by atoms with E-state index in [4.69, 9.17) is 9.84 Å². The summed E-state index contributed by atoms with van der Waals surface area (Å²) in [6.07, 6.45) is 5.19. The van der Waals surface area contributed by atoms with Gasteiger partial charge in [0.05, 0.1) is 7.11 Å². The maximum Gasteiger partial charge on any atom is 0.119 e. The molecule has 0 atom stereocenters. The Morgan fingerprint density at radius 3 is 2.82 bits per heavy atom. The van der Waals surface area contributed by atoms with Crippen LogP contribution in [-0.4, -0.2) is 23.4 Å². The largest absolute Gasteiger partial charge is 0.497 e. The second-order valence-corrected chi connectivity index (χ2v) is 4.22. The standard InChI is InChI=1S/C14H19NO2/c1-17-13-5-6-14-12(11-13)7-9-15(14)8-3-2-4-10-16/h5-7,9,11,16H,2-4,8,10H2,1H3. The average Bonchev–Trinajstić information content (AvgIpc) is 2.77. The number of aromatic nitrogens is 1. The number of fused-ring (bicyclic) bond motifs is 1. The molecule has 2 rings (SSSR count). The smallest absolute Gasteiger partial charge is 0.119 e. The Morgan fingerprint density at radius 1 is 1.18 bits per heavy atom. The number of nitrogens with zero attached hydrogens (tertiary/aromatic N) is 1. The van der Waals surface area contributed by atoms with Crippen molar-refractivity contribution >= 4 is 10.9 Å². The number of hydrogen-bond acceptors (Lipinski definition) is 2. The van der Waals surface area contributed by atoms with Crippen molar-refractivity contribution in [3.05, 3.63) is 30.5 Å². The van der Waals surface area contributed by atoms with E-state index < -0.39 is 0 Å². The van der Waals surface area contributed by atoms with Crippen molar-refractivity contribution in [2.24, 2.45) is 0 Å². The van der Waals surface area contributed by atoms with E-state index in [0.717, 1.165) is 31.6 Å². The van der Waals surface area contributed by atoms with Gasteiger partial charge in [0.15, 0.2) is 0 Å². The monoisotopic (exact) mass is 233 g/mol. The van der Waals surface area contributed by atoms with Crippen molar-refractivity contribution in [3.63, 3.8) is 0 Å². The molecule has 0 unspecified atom stereocenters. The average molecular weight is 233 g/mol. The number of benzene rings is 1. The fourth-order valence-corrected chi connectivity index (χ4v) is 2.07. The molecule has 3 heteroatoms. The van der Waals surface area contributed by atoms with Crippen LogP contribution in [0.1, 0.15) is 19.3 Å². The van der Waals surface area contributed by atoms with Crippen molar-refractivity contribution in [2.75, 3.05) is 13.7 Å². The molecule has 1 heterocycles. The minimum absolute atomic E-state index is 0.295. The van der Waals surface area contributed by atoms with Gasteiger partial charge in [0.2, 0.25) is 0 Å². The van der Waals surface area contributed by atoms with E-state index in [1.807, 2.05) is 6.07 Å². The van der Waals surface area contributed by atoms with Crippen LogP contribution in [0.2, 0.25) is 0 Å².